The van der Waals surface area contributed by atoms with Gasteiger partial charge in [0.15, 0.2) is 0 Å². The number of para-hydroxylation sites is 1. The number of carbonyl (C=O) groups excluding carboxylic acids is 1. The Morgan fingerprint density at radius 1 is 1.25 bits per heavy atom. The molecule has 1 aliphatic rings. The molecule has 0 unspecified atom stereocenters. The maximum atomic E-state index is 13.2. The van der Waals surface area contributed by atoms with Crippen molar-refractivity contribution in [2.45, 2.75) is 25.4 Å². The summed E-state index contributed by atoms with van der Waals surface area (Å²) in [6, 6.07) is 12.9. The summed E-state index contributed by atoms with van der Waals surface area (Å²) >= 11 is 0. The van der Waals surface area contributed by atoms with Gasteiger partial charge in [-0.3, -0.25) is 4.79 Å². The van der Waals surface area contributed by atoms with Crippen molar-refractivity contribution in [3.63, 3.8) is 0 Å². The summed E-state index contributed by atoms with van der Waals surface area (Å²) in [6.45, 7) is 1.90. The van der Waals surface area contributed by atoms with Gasteiger partial charge in [-0.15, -0.1) is 0 Å². The van der Waals surface area contributed by atoms with Crippen LogP contribution in [0.25, 0.3) is 22.4 Å². The molecular weight excluding hydrogens is 361 g/mol. The van der Waals surface area contributed by atoms with Crippen LogP contribution in [0.5, 0.6) is 0 Å². The standard InChI is InChI=1S/C21H16FN3O3/c1-11-6-7-12(19-24-21(28-25-19)14-9-16(14)22)8-17(11)23-20(26)15-10-27-18-5-3-2-4-13(15)18/h2-8,10,14,16H,9H2,1H3,(H,23,26)/t14-,16-/m0/s1. The van der Waals surface area contributed by atoms with Crippen molar-refractivity contribution in [1.82, 2.24) is 10.1 Å². The Morgan fingerprint density at radius 2 is 2.07 bits per heavy atom. The first-order valence-electron chi connectivity index (χ1n) is 8.96. The molecule has 140 valence electrons. The van der Waals surface area contributed by atoms with E-state index in [1.54, 1.807) is 6.07 Å². The van der Waals surface area contributed by atoms with Crippen molar-refractivity contribution >= 4 is 22.6 Å². The first-order chi connectivity index (χ1) is 13.6. The molecule has 2 atom stereocenters. The number of hydrogen-bond donors (Lipinski definition) is 1. The molecule has 5 rings (SSSR count). The lowest BCUT2D eigenvalue weighted by Gasteiger charge is -2.09. The van der Waals surface area contributed by atoms with Crippen LogP contribution in [0.1, 0.15) is 34.2 Å². The number of anilines is 1. The van der Waals surface area contributed by atoms with E-state index in [1.807, 2.05) is 43.3 Å². The maximum absolute atomic E-state index is 13.2. The summed E-state index contributed by atoms with van der Waals surface area (Å²) in [5.74, 6) is 0.134. The second-order valence-corrected chi connectivity index (χ2v) is 6.94. The van der Waals surface area contributed by atoms with Crippen LogP contribution < -0.4 is 5.32 Å². The highest BCUT2D eigenvalue weighted by Crippen LogP contribution is 2.43. The number of benzene rings is 2. The van der Waals surface area contributed by atoms with E-state index in [9.17, 15) is 9.18 Å². The third kappa shape index (κ3) is 2.85. The summed E-state index contributed by atoms with van der Waals surface area (Å²) in [6.07, 6.45) is 0.981. The molecule has 0 bridgehead atoms. The predicted octanol–water partition coefficient (Wildman–Crippen LogP) is 4.87. The van der Waals surface area contributed by atoms with Crippen LogP contribution in [-0.4, -0.2) is 22.2 Å². The number of nitrogens with zero attached hydrogens (tertiary/aromatic N) is 2. The normalized spacial score (nSPS) is 18.4. The van der Waals surface area contributed by atoms with Crippen molar-refractivity contribution in [1.29, 1.82) is 0 Å². The van der Waals surface area contributed by atoms with Gasteiger partial charge in [0.2, 0.25) is 11.7 Å². The number of halogens is 1. The number of fused-ring (bicyclic) bond motifs is 1. The van der Waals surface area contributed by atoms with Gasteiger partial charge in [0.25, 0.3) is 5.91 Å². The molecule has 0 radical (unpaired) electrons. The Labute approximate surface area is 159 Å². The van der Waals surface area contributed by atoms with Gasteiger partial charge in [0.1, 0.15) is 18.0 Å². The summed E-state index contributed by atoms with van der Waals surface area (Å²) in [5.41, 5.74) is 3.33. The quantitative estimate of drug-likeness (QED) is 0.549. The first-order valence-corrected chi connectivity index (χ1v) is 8.96. The van der Waals surface area contributed by atoms with Crippen molar-refractivity contribution in [3.05, 3.63) is 65.7 Å². The zero-order valence-electron chi connectivity index (χ0n) is 15.0. The Balaban J connectivity index is 1.43. The first kappa shape index (κ1) is 16.7. The number of furan rings is 1. The molecule has 1 amide bonds. The van der Waals surface area contributed by atoms with E-state index in [1.165, 1.54) is 6.26 Å². The number of aromatic nitrogens is 2. The average Bonchev–Trinajstić information content (AvgIpc) is 3.12. The smallest absolute Gasteiger partial charge is 0.259 e. The summed E-state index contributed by atoms with van der Waals surface area (Å²) in [5, 5.41) is 7.61. The molecule has 4 aromatic rings. The Kier molecular flexibility index (Phi) is 3.75. The number of alkyl halides is 1. The lowest BCUT2D eigenvalue weighted by atomic mass is 10.1. The highest BCUT2D eigenvalue weighted by atomic mass is 19.1. The number of carbonyl (C=O) groups is 1. The van der Waals surface area contributed by atoms with Crippen LogP contribution >= 0.6 is 0 Å². The van der Waals surface area contributed by atoms with Crippen LogP contribution in [0.3, 0.4) is 0 Å². The van der Waals surface area contributed by atoms with E-state index in [-0.39, 0.29) is 11.8 Å². The molecular formula is C21H16FN3O3. The number of nitrogens with one attached hydrogen (secondary N) is 1. The van der Waals surface area contributed by atoms with Gasteiger partial charge in [0.05, 0.1) is 11.5 Å². The fourth-order valence-corrected chi connectivity index (χ4v) is 3.16. The Hall–Kier alpha value is -3.48. The summed E-state index contributed by atoms with van der Waals surface area (Å²) in [4.78, 5) is 17.1. The third-order valence-corrected chi connectivity index (χ3v) is 4.94. The number of amides is 1. The number of hydrogen-bond acceptors (Lipinski definition) is 5. The van der Waals surface area contributed by atoms with E-state index in [0.29, 0.717) is 40.5 Å². The highest BCUT2D eigenvalue weighted by Gasteiger charge is 2.43. The van der Waals surface area contributed by atoms with E-state index >= 15 is 0 Å². The van der Waals surface area contributed by atoms with Crippen LogP contribution in [0.4, 0.5) is 10.1 Å². The van der Waals surface area contributed by atoms with Crippen molar-refractivity contribution in [2.24, 2.45) is 0 Å². The lowest BCUT2D eigenvalue weighted by Crippen LogP contribution is -2.12. The van der Waals surface area contributed by atoms with Gasteiger partial charge in [-0.1, -0.05) is 35.5 Å². The summed E-state index contributed by atoms with van der Waals surface area (Å²) < 4.78 is 23.8. The zero-order valence-corrected chi connectivity index (χ0v) is 15.0. The minimum atomic E-state index is -0.897. The molecule has 0 spiro atoms. The number of rotatable bonds is 4. The van der Waals surface area contributed by atoms with Crippen LogP contribution in [0.2, 0.25) is 0 Å². The van der Waals surface area contributed by atoms with Crippen molar-refractivity contribution in [3.8, 4) is 11.4 Å². The molecule has 1 aliphatic carbocycles. The second kappa shape index (κ2) is 6.30. The molecule has 2 heterocycles. The van der Waals surface area contributed by atoms with Gasteiger partial charge >= 0.3 is 0 Å². The van der Waals surface area contributed by atoms with Crippen LogP contribution in [-0.2, 0) is 0 Å². The van der Waals surface area contributed by atoms with Crippen molar-refractivity contribution < 1.29 is 18.1 Å². The molecule has 2 aromatic carbocycles. The molecule has 1 N–H and O–H groups in total. The molecule has 0 saturated heterocycles. The Bertz CT molecular complexity index is 1200. The molecule has 6 nitrogen and oxygen atoms in total. The zero-order chi connectivity index (χ0) is 19.3. The van der Waals surface area contributed by atoms with E-state index in [2.05, 4.69) is 15.5 Å². The summed E-state index contributed by atoms with van der Waals surface area (Å²) in [7, 11) is 0. The van der Waals surface area contributed by atoms with Crippen LogP contribution in [0, 0.1) is 6.92 Å². The monoisotopic (exact) mass is 377 g/mol. The molecule has 1 saturated carbocycles. The van der Waals surface area contributed by atoms with E-state index < -0.39 is 6.17 Å². The maximum Gasteiger partial charge on any atom is 0.259 e. The average molecular weight is 377 g/mol. The molecule has 0 aliphatic heterocycles. The van der Waals surface area contributed by atoms with Gasteiger partial charge in [-0.05, 0) is 31.0 Å². The van der Waals surface area contributed by atoms with E-state index in [0.717, 1.165) is 10.9 Å². The highest BCUT2D eigenvalue weighted by molar-refractivity contribution is 6.12. The number of aryl methyl sites for hydroxylation is 1. The fourth-order valence-electron chi connectivity index (χ4n) is 3.16. The van der Waals surface area contributed by atoms with Gasteiger partial charge in [0, 0.05) is 16.6 Å². The minimum absolute atomic E-state index is 0.266. The molecule has 28 heavy (non-hydrogen) atoms. The largest absolute Gasteiger partial charge is 0.463 e. The van der Waals surface area contributed by atoms with Gasteiger partial charge in [-0.2, -0.15) is 4.98 Å². The second-order valence-electron chi connectivity index (χ2n) is 6.94. The molecule has 2 aromatic heterocycles. The topological polar surface area (TPSA) is 81.2 Å². The lowest BCUT2D eigenvalue weighted by molar-refractivity contribution is 0.102. The molecule has 1 fully saturated rings. The van der Waals surface area contributed by atoms with E-state index in [4.69, 9.17) is 8.94 Å². The Morgan fingerprint density at radius 3 is 2.89 bits per heavy atom. The molecule has 7 heteroatoms. The van der Waals surface area contributed by atoms with Crippen LogP contribution in [0.15, 0.2) is 57.7 Å². The third-order valence-electron chi connectivity index (χ3n) is 4.94. The minimum Gasteiger partial charge on any atom is -0.463 e. The fraction of sp³-hybridized carbons (Fsp3) is 0.190. The van der Waals surface area contributed by atoms with Gasteiger partial charge < -0.3 is 14.3 Å². The van der Waals surface area contributed by atoms with Crippen molar-refractivity contribution in [2.75, 3.05) is 5.32 Å². The van der Waals surface area contributed by atoms with Gasteiger partial charge in [-0.25, -0.2) is 4.39 Å². The SMILES string of the molecule is Cc1ccc(-c2noc([C@H]3C[C@@H]3F)n2)cc1NC(=O)c1coc2ccccc12. The predicted molar refractivity (Wildman–Crippen MR) is 101 cm³/mol.